The third-order valence-corrected chi connectivity index (χ3v) is 3.48. The Balaban J connectivity index is 1.69. The Morgan fingerprint density at radius 3 is 2.82 bits per heavy atom. The normalized spacial score (nSPS) is 29.8. The third-order valence-electron chi connectivity index (χ3n) is 3.48. The molecule has 0 bridgehead atoms. The molecule has 2 aliphatic rings. The molecule has 2 saturated heterocycles. The predicted molar refractivity (Wildman–Crippen MR) is 61.7 cm³/mol. The lowest BCUT2D eigenvalue weighted by Crippen LogP contribution is -2.30. The molecule has 94 valence electrons. The Morgan fingerprint density at radius 1 is 1.29 bits per heavy atom. The van der Waals surface area contributed by atoms with Crippen LogP contribution >= 0.6 is 0 Å². The number of anilines is 1. The van der Waals surface area contributed by atoms with Gasteiger partial charge in [-0.1, -0.05) is 0 Å². The smallest absolute Gasteiger partial charge is 0.266 e. The van der Waals surface area contributed by atoms with E-state index in [2.05, 4.69) is 20.4 Å². The molecule has 0 saturated carbocycles. The minimum Gasteiger partial charge on any atom is -0.392 e. The highest BCUT2D eigenvalue weighted by Crippen LogP contribution is 2.24. The van der Waals surface area contributed by atoms with Crippen LogP contribution in [0, 0.1) is 0 Å². The molecule has 3 rings (SSSR count). The molecule has 2 fully saturated rings. The van der Waals surface area contributed by atoms with E-state index in [1.54, 1.807) is 0 Å². The summed E-state index contributed by atoms with van der Waals surface area (Å²) in [5, 5.41) is 16.7. The molecule has 17 heavy (non-hydrogen) atoms. The predicted octanol–water partition coefficient (Wildman–Crippen LogP) is 0.455. The lowest BCUT2D eigenvalue weighted by Gasteiger charge is -2.24. The summed E-state index contributed by atoms with van der Waals surface area (Å²) in [5.41, 5.74) is 0. The summed E-state index contributed by atoms with van der Waals surface area (Å²) in [4.78, 5) is 6.59. The molecule has 6 heteroatoms. The van der Waals surface area contributed by atoms with Gasteiger partial charge in [0.1, 0.15) is 0 Å². The molecule has 0 radical (unpaired) electrons. The first-order valence-corrected chi connectivity index (χ1v) is 6.33. The van der Waals surface area contributed by atoms with Crippen LogP contribution in [0.1, 0.15) is 37.6 Å². The number of aromatic nitrogens is 2. The highest BCUT2D eigenvalue weighted by Gasteiger charge is 2.29. The second kappa shape index (κ2) is 4.62. The molecule has 6 nitrogen and oxygen atoms in total. The summed E-state index contributed by atoms with van der Waals surface area (Å²) >= 11 is 0. The summed E-state index contributed by atoms with van der Waals surface area (Å²) < 4.78 is 5.27. The van der Waals surface area contributed by atoms with Crippen molar-refractivity contribution in [2.45, 2.75) is 37.8 Å². The van der Waals surface area contributed by atoms with Crippen LogP contribution in [0.4, 0.5) is 5.95 Å². The zero-order chi connectivity index (χ0) is 11.7. The van der Waals surface area contributed by atoms with Gasteiger partial charge in [0.2, 0.25) is 5.89 Å². The van der Waals surface area contributed by atoms with Crippen LogP contribution in [0.2, 0.25) is 0 Å². The lowest BCUT2D eigenvalue weighted by molar-refractivity contribution is 0.191. The van der Waals surface area contributed by atoms with Crippen molar-refractivity contribution < 1.29 is 9.63 Å². The van der Waals surface area contributed by atoms with Crippen LogP contribution in [0.3, 0.4) is 0 Å². The molecule has 1 aromatic heterocycles. The van der Waals surface area contributed by atoms with Crippen molar-refractivity contribution in [3.63, 3.8) is 0 Å². The van der Waals surface area contributed by atoms with Gasteiger partial charge in [-0.2, -0.15) is 4.98 Å². The minimum atomic E-state index is -0.301. The molecule has 0 unspecified atom stereocenters. The molecule has 3 heterocycles. The molecular formula is C11H18N4O2. The van der Waals surface area contributed by atoms with E-state index in [-0.39, 0.29) is 12.1 Å². The highest BCUT2D eigenvalue weighted by molar-refractivity contribution is 5.28. The first kappa shape index (κ1) is 11.0. The summed E-state index contributed by atoms with van der Waals surface area (Å²) in [6, 6.07) is 0.0102. The van der Waals surface area contributed by atoms with Crippen molar-refractivity contribution in [1.82, 2.24) is 15.5 Å². The molecule has 2 atom stereocenters. The largest absolute Gasteiger partial charge is 0.392 e. The first-order valence-electron chi connectivity index (χ1n) is 6.33. The van der Waals surface area contributed by atoms with Crippen LogP contribution in [-0.4, -0.2) is 41.0 Å². The van der Waals surface area contributed by atoms with Crippen LogP contribution < -0.4 is 10.2 Å². The Kier molecular flexibility index (Phi) is 2.98. The number of aliphatic hydroxyl groups excluding tert-OH is 1. The first-order chi connectivity index (χ1) is 8.33. The summed E-state index contributed by atoms with van der Waals surface area (Å²) in [7, 11) is 0. The van der Waals surface area contributed by atoms with Crippen molar-refractivity contribution in [3.05, 3.63) is 5.89 Å². The van der Waals surface area contributed by atoms with Gasteiger partial charge in [-0.15, -0.1) is 0 Å². The van der Waals surface area contributed by atoms with Crippen molar-refractivity contribution in [3.8, 4) is 0 Å². The van der Waals surface area contributed by atoms with E-state index in [9.17, 15) is 5.11 Å². The van der Waals surface area contributed by atoms with Gasteiger partial charge in [0.05, 0.1) is 12.1 Å². The number of rotatable bonds is 2. The van der Waals surface area contributed by atoms with Gasteiger partial charge in [0, 0.05) is 19.6 Å². The highest BCUT2D eigenvalue weighted by atomic mass is 16.5. The molecule has 0 amide bonds. The molecule has 0 aliphatic carbocycles. The molecule has 0 aromatic carbocycles. The van der Waals surface area contributed by atoms with Gasteiger partial charge in [-0.25, -0.2) is 0 Å². The zero-order valence-electron chi connectivity index (χ0n) is 9.80. The zero-order valence-corrected chi connectivity index (χ0v) is 9.80. The standard InChI is InChI=1S/C11H18N4O2/c16-8-6-9(12-7-8)10-13-11(14-17-10)15-4-2-1-3-5-15/h8-9,12,16H,1-7H2/t8-,9+/m0/s1. The van der Waals surface area contributed by atoms with Gasteiger partial charge in [-0.3, -0.25) is 0 Å². The summed E-state index contributed by atoms with van der Waals surface area (Å²) in [6.45, 7) is 2.63. The Morgan fingerprint density at radius 2 is 2.12 bits per heavy atom. The average molecular weight is 238 g/mol. The van der Waals surface area contributed by atoms with E-state index in [4.69, 9.17) is 4.52 Å². The summed E-state index contributed by atoms with van der Waals surface area (Å²) in [6.07, 6.45) is 4.04. The maximum atomic E-state index is 9.45. The van der Waals surface area contributed by atoms with E-state index in [0.717, 1.165) is 13.1 Å². The van der Waals surface area contributed by atoms with Gasteiger partial charge >= 0.3 is 0 Å². The van der Waals surface area contributed by atoms with E-state index in [0.29, 0.717) is 24.8 Å². The van der Waals surface area contributed by atoms with Gasteiger partial charge in [0.25, 0.3) is 5.95 Å². The fourth-order valence-corrected chi connectivity index (χ4v) is 2.50. The van der Waals surface area contributed by atoms with Crippen molar-refractivity contribution in [2.24, 2.45) is 0 Å². The molecular weight excluding hydrogens is 220 g/mol. The fraction of sp³-hybridized carbons (Fsp3) is 0.818. The topological polar surface area (TPSA) is 74.4 Å². The molecule has 2 N–H and O–H groups in total. The van der Waals surface area contributed by atoms with Gasteiger partial charge < -0.3 is 19.8 Å². The Bertz CT molecular complexity index is 356. The minimum absolute atomic E-state index is 0.0102. The van der Waals surface area contributed by atoms with Crippen LogP contribution in [0.15, 0.2) is 4.52 Å². The number of hydrogen-bond acceptors (Lipinski definition) is 6. The Labute approximate surface area is 100.0 Å². The maximum absolute atomic E-state index is 9.45. The van der Waals surface area contributed by atoms with Crippen molar-refractivity contribution in [2.75, 3.05) is 24.5 Å². The lowest BCUT2D eigenvalue weighted by atomic mass is 10.1. The second-order valence-corrected chi connectivity index (χ2v) is 4.83. The van der Waals surface area contributed by atoms with E-state index >= 15 is 0 Å². The number of piperidine rings is 1. The van der Waals surface area contributed by atoms with E-state index in [1.165, 1.54) is 19.3 Å². The van der Waals surface area contributed by atoms with Gasteiger partial charge in [0.15, 0.2) is 0 Å². The number of aliphatic hydroxyl groups is 1. The SMILES string of the molecule is O[C@@H]1CN[C@@H](c2nc(N3CCCCC3)no2)C1. The summed E-state index contributed by atoms with van der Waals surface area (Å²) in [5.74, 6) is 1.30. The third kappa shape index (κ3) is 2.28. The molecule has 1 aromatic rings. The van der Waals surface area contributed by atoms with Crippen LogP contribution in [-0.2, 0) is 0 Å². The van der Waals surface area contributed by atoms with Crippen LogP contribution in [0.25, 0.3) is 0 Å². The Hall–Kier alpha value is -1.14. The average Bonchev–Trinajstić information content (AvgIpc) is 2.98. The maximum Gasteiger partial charge on any atom is 0.266 e. The fourth-order valence-electron chi connectivity index (χ4n) is 2.50. The van der Waals surface area contributed by atoms with Crippen LogP contribution in [0.5, 0.6) is 0 Å². The number of nitrogens with one attached hydrogen (secondary N) is 1. The number of β-amino-alcohol motifs (C(OH)–C–C–N with tert-alkyl or cyclic N) is 1. The second-order valence-electron chi connectivity index (χ2n) is 4.83. The van der Waals surface area contributed by atoms with E-state index < -0.39 is 0 Å². The van der Waals surface area contributed by atoms with E-state index in [1.807, 2.05) is 0 Å². The van der Waals surface area contributed by atoms with Crippen molar-refractivity contribution in [1.29, 1.82) is 0 Å². The monoisotopic (exact) mass is 238 g/mol. The number of hydrogen-bond donors (Lipinski definition) is 2. The molecule has 2 aliphatic heterocycles. The molecule has 0 spiro atoms. The number of nitrogens with zero attached hydrogens (tertiary/aromatic N) is 3. The quantitative estimate of drug-likeness (QED) is 0.779. The van der Waals surface area contributed by atoms with Crippen molar-refractivity contribution >= 4 is 5.95 Å². The van der Waals surface area contributed by atoms with Gasteiger partial charge in [-0.05, 0) is 30.8 Å².